The third kappa shape index (κ3) is 2.69. The summed E-state index contributed by atoms with van der Waals surface area (Å²) in [5, 5.41) is 10.7. The number of para-hydroxylation sites is 1. The molecule has 2 aromatic carbocycles. The summed E-state index contributed by atoms with van der Waals surface area (Å²) in [6, 6.07) is 14.8. The Morgan fingerprint density at radius 1 is 1.27 bits per heavy atom. The second-order valence-electron chi connectivity index (χ2n) is 6.10. The molecular formula is C19H23NO2. The van der Waals surface area contributed by atoms with Gasteiger partial charge in [0.1, 0.15) is 11.9 Å². The Morgan fingerprint density at radius 3 is 2.82 bits per heavy atom. The number of hydrogen-bond acceptors (Lipinski definition) is 3. The number of hydrogen-bond donors (Lipinski definition) is 1. The van der Waals surface area contributed by atoms with E-state index in [2.05, 4.69) is 36.1 Å². The van der Waals surface area contributed by atoms with E-state index in [-0.39, 0.29) is 0 Å². The monoisotopic (exact) mass is 297 g/mol. The van der Waals surface area contributed by atoms with Crippen LogP contribution in [0.15, 0.2) is 42.5 Å². The first-order chi connectivity index (χ1) is 10.6. The molecule has 1 heterocycles. The van der Waals surface area contributed by atoms with Crippen LogP contribution < -0.4 is 9.64 Å². The van der Waals surface area contributed by atoms with Crippen molar-refractivity contribution in [2.45, 2.75) is 32.4 Å². The summed E-state index contributed by atoms with van der Waals surface area (Å²) in [5.41, 5.74) is 4.59. The summed E-state index contributed by atoms with van der Waals surface area (Å²) in [5.74, 6) is 0.748. The Labute approximate surface area is 132 Å². The fourth-order valence-electron chi connectivity index (χ4n) is 3.31. The predicted molar refractivity (Wildman–Crippen MR) is 89.6 cm³/mol. The van der Waals surface area contributed by atoms with Gasteiger partial charge in [0, 0.05) is 23.8 Å². The maximum Gasteiger partial charge on any atom is 0.124 e. The number of aliphatic hydroxyl groups excluding tert-OH is 1. The Kier molecular flexibility index (Phi) is 4.08. The van der Waals surface area contributed by atoms with Gasteiger partial charge in [0.25, 0.3) is 0 Å². The third-order valence-electron chi connectivity index (χ3n) is 4.46. The van der Waals surface area contributed by atoms with E-state index in [0.717, 1.165) is 23.3 Å². The van der Waals surface area contributed by atoms with Crippen LogP contribution in [0.25, 0.3) is 0 Å². The second kappa shape index (κ2) is 6.01. The summed E-state index contributed by atoms with van der Waals surface area (Å²) >= 11 is 0. The molecule has 0 fully saturated rings. The van der Waals surface area contributed by atoms with Crippen molar-refractivity contribution in [3.8, 4) is 5.75 Å². The first kappa shape index (κ1) is 14.9. The minimum absolute atomic E-state index is 0.405. The highest BCUT2D eigenvalue weighted by molar-refractivity contribution is 5.59. The Balaban J connectivity index is 1.86. The molecule has 0 saturated heterocycles. The first-order valence-electron chi connectivity index (χ1n) is 7.77. The van der Waals surface area contributed by atoms with Gasteiger partial charge in [-0.2, -0.15) is 0 Å². The van der Waals surface area contributed by atoms with Crippen molar-refractivity contribution in [3.63, 3.8) is 0 Å². The Hall–Kier alpha value is -2.00. The molecule has 0 aliphatic carbocycles. The molecule has 116 valence electrons. The van der Waals surface area contributed by atoms with E-state index in [1.165, 1.54) is 11.3 Å². The van der Waals surface area contributed by atoms with Crippen molar-refractivity contribution in [2.24, 2.45) is 0 Å². The molecule has 3 heteroatoms. The summed E-state index contributed by atoms with van der Waals surface area (Å²) in [7, 11) is 1.65. The zero-order valence-electron chi connectivity index (χ0n) is 13.4. The fraction of sp³-hybridized carbons (Fsp3) is 0.368. The molecule has 0 spiro atoms. The van der Waals surface area contributed by atoms with Gasteiger partial charge in [0.15, 0.2) is 0 Å². The number of fused-ring (bicyclic) bond motifs is 1. The average Bonchev–Trinajstić information content (AvgIpc) is 2.83. The number of nitrogens with zero attached hydrogens (tertiary/aromatic N) is 1. The Bertz CT molecular complexity index is 668. The van der Waals surface area contributed by atoms with E-state index < -0.39 is 6.10 Å². The van der Waals surface area contributed by atoms with Gasteiger partial charge >= 0.3 is 0 Å². The standard InChI is InChI=1S/C19H23NO2/c1-13-8-9-19(22-3)16(10-13)18(21)12-20-14(2)11-15-6-4-5-7-17(15)20/h4-10,14,18,21H,11-12H2,1-3H3. The lowest BCUT2D eigenvalue weighted by Gasteiger charge is -2.28. The molecule has 0 saturated carbocycles. The molecule has 1 aliphatic heterocycles. The van der Waals surface area contributed by atoms with Gasteiger partial charge in [0.05, 0.1) is 7.11 Å². The van der Waals surface area contributed by atoms with E-state index in [1.54, 1.807) is 7.11 Å². The minimum atomic E-state index is -0.566. The Morgan fingerprint density at radius 2 is 2.05 bits per heavy atom. The molecule has 3 nitrogen and oxygen atoms in total. The molecule has 2 unspecified atom stereocenters. The zero-order chi connectivity index (χ0) is 15.7. The van der Waals surface area contributed by atoms with Gasteiger partial charge in [-0.25, -0.2) is 0 Å². The highest BCUT2D eigenvalue weighted by Crippen LogP contribution is 2.35. The van der Waals surface area contributed by atoms with Crippen molar-refractivity contribution in [1.29, 1.82) is 0 Å². The number of aryl methyl sites for hydroxylation is 1. The summed E-state index contributed by atoms with van der Waals surface area (Å²) in [6.07, 6.45) is 0.469. The lowest BCUT2D eigenvalue weighted by molar-refractivity contribution is 0.177. The number of β-amino-alcohol motifs (C(OH)–C–C–N with tert-alkyl or cyclic N) is 1. The number of anilines is 1. The van der Waals surface area contributed by atoms with Crippen LogP contribution in [0.1, 0.15) is 29.7 Å². The molecule has 2 aromatic rings. The first-order valence-corrected chi connectivity index (χ1v) is 7.77. The molecule has 3 rings (SSSR count). The van der Waals surface area contributed by atoms with Crippen molar-refractivity contribution in [2.75, 3.05) is 18.6 Å². The number of ether oxygens (including phenoxy) is 1. The van der Waals surface area contributed by atoms with Gasteiger partial charge in [0.2, 0.25) is 0 Å². The summed E-state index contributed by atoms with van der Waals surface area (Å²) in [6.45, 7) is 4.82. The SMILES string of the molecule is COc1ccc(C)cc1C(O)CN1c2ccccc2CC1C. The van der Waals surface area contributed by atoms with E-state index in [1.807, 2.05) is 25.1 Å². The second-order valence-corrected chi connectivity index (χ2v) is 6.10. The van der Waals surface area contributed by atoms with Crippen LogP contribution in [-0.4, -0.2) is 24.8 Å². The van der Waals surface area contributed by atoms with Crippen LogP contribution >= 0.6 is 0 Å². The largest absolute Gasteiger partial charge is 0.496 e. The van der Waals surface area contributed by atoms with Gasteiger partial charge in [-0.3, -0.25) is 0 Å². The molecule has 0 amide bonds. The number of aliphatic hydroxyl groups is 1. The predicted octanol–water partition coefficient (Wildman–Crippen LogP) is 3.49. The maximum atomic E-state index is 10.7. The van der Waals surface area contributed by atoms with Crippen LogP contribution in [-0.2, 0) is 6.42 Å². The topological polar surface area (TPSA) is 32.7 Å². The van der Waals surface area contributed by atoms with Gasteiger partial charge in [-0.15, -0.1) is 0 Å². The minimum Gasteiger partial charge on any atom is -0.496 e. The van der Waals surface area contributed by atoms with E-state index in [4.69, 9.17) is 4.74 Å². The molecular weight excluding hydrogens is 274 g/mol. The molecule has 0 aromatic heterocycles. The van der Waals surface area contributed by atoms with Crippen LogP contribution in [0.5, 0.6) is 5.75 Å². The van der Waals surface area contributed by atoms with Crippen molar-refractivity contribution < 1.29 is 9.84 Å². The van der Waals surface area contributed by atoms with Crippen LogP contribution in [0.2, 0.25) is 0 Å². The number of methoxy groups -OCH3 is 1. The average molecular weight is 297 g/mol. The molecule has 0 bridgehead atoms. The molecule has 2 atom stereocenters. The van der Waals surface area contributed by atoms with Crippen molar-refractivity contribution in [1.82, 2.24) is 0 Å². The lowest BCUT2D eigenvalue weighted by Crippen LogP contribution is -2.33. The van der Waals surface area contributed by atoms with Crippen LogP contribution in [0.3, 0.4) is 0 Å². The summed E-state index contributed by atoms with van der Waals surface area (Å²) in [4.78, 5) is 2.29. The molecule has 1 aliphatic rings. The van der Waals surface area contributed by atoms with Crippen molar-refractivity contribution in [3.05, 3.63) is 59.2 Å². The lowest BCUT2D eigenvalue weighted by atomic mass is 10.0. The molecule has 22 heavy (non-hydrogen) atoms. The normalized spacial score (nSPS) is 18.2. The van der Waals surface area contributed by atoms with Crippen molar-refractivity contribution >= 4 is 5.69 Å². The highest BCUT2D eigenvalue weighted by atomic mass is 16.5. The highest BCUT2D eigenvalue weighted by Gasteiger charge is 2.28. The fourth-order valence-corrected chi connectivity index (χ4v) is 3.31. The zero-order valence-corrected chi connectivity index (χ0v) is 13.4. The van der Waals surface area contributed by atoms with E-state index >= 15 is 0 Å². The molecule has 0 radical (unpaired) electrons. The summed E-state index contributed by atoms with van der Waals surface area (Å²) < 4.78 is 5.40. The van der Waals surface area contributed by atoms with Gasteiger partial charge in [-0.05, 0) is 44.0 Å². The quantitative estimate of drug-likeness (QED) is 0.937. The van der Waals surface area contributed by atoms with Gasteiger partial charge in [-0.1, -0.05) is 29.8 Å². The van der Waals surface area contributed by atoms with Crippen LogP contribution in [0.4, 0.5) is 5.69 Å². The van der Waals surface area contributed by atoms with E-state index in [9.17, 15) is 5.11 Å². The smallest absolute Gasteiger partial charge is 0.124 e. The third-order valence-corrected chi connectivity index (χ3v) is 4.46. The van der Waals surface area contributed by atoms with Gasteiger partial charge < -0.3 is 14.7 Å². The number of rotatable bonds is 4. The van der Waals surface area contributed by atoms with Crippen LogP contribution in [0, 0.1) is 6.92 Å². The maximum absolute atomic E-state index is 10.7. The van der Waals surface area contributed by atoms with E-state index in [0.29, 0.717) is 12.6 Å². The molecule has 1 N–H and O–H groups in total. The number of benzene rings is 2.